The lowest BCUT2D eigenvalue weighted by Gasteiger charge is -2.09. The molecule has 3 aromatic rings. The molecule has 0 aliphatic rings. The summed E-state index contributed by atoms with van der Waals surface area (Å²) in [5, 5.41) is 0.953. The van der Waals surface area contributed by atoms with Gasteiger partial charge in [0, 0.05) is 29.8 Å². The van der Waals surface area contributed by atoms with Crippen molar-refractivity contribution < 1.29 is 13.2 Å². The lowest BCUT2D eigenvalue weighted by molar-refractivity contribution is 0.415. The maximum Gasteiger partial charge on any atom is 0.232 e. The van der Waals surface area contributed by atoms with Gasteiger partial charge in [0.05, 0.1) is 29.8 Å². The molecule has 132 valence electrons. The minimum absolute atomic E-state index is 0.0345. The number of nitrogens with two attached hydrogens (primary N) is 1. The fraction of sp³-hybridized carbons (Fsp3) is 0.222. The average molecular weight is 359 g/mol. The number of aromatic nitrogens is 1. The van der Waals surface area contributed by atoms with E-state index in [0.717, 1.165) is 27.9 Å². The van der Waals surface area contributed by atoms with Gasteiger partial charge >= 0.3 is 0 Å². The second kappa shape index (κ2) is 6.33. The second-order valence-corrected chi connectivity index (χ2v) is 7.80. The van der Waals surface area contributed by atoms with E-state index in [4.69, 9.17) is 10.5 Å². The van der Waals surface area contributed by atoms with Crippen molar-refractivity contribution in [1.82, 2.24) is 4.57 Å². The Morgan fingerprint density at radius 3 is 2.44 bits per heavy atom. The van der Waals surface area contributed by atoms with Crippen LogP contribution < -0.4 is 15.2 Å². The Bertz CT molecular complexity index is 1020. The van der Waals surface area contributed by atoms with Crippen LogP contribution in [0.15, 0.2) is 42.5 Å². The number of aryl methyl sites for hydroxylation is 1. The quantitative estimate of drug-likeness (QED) is 0.732. The standard InChI is InChI=1S/C18H21N3O3S/c1-4-25(22,23)20-13-7-5-12(6-8-13)18-17(19)15-10-9-14(24-3)11-16(15)21(18)2/h5-11,20H,4,19H2,1-3H3. The minimum atomic E-state index is -3.29. The van der Waals surface area contributed by atoms with E-state index < -0.39 is 10.0 Å². The highest BCUT2D eigenvalue weighted by molar-refractivity contribution is 7.92. The van der Waals surface area contributed by atoms with Crippen LogP contribution in [0.1, 0.15) is 6.92 Å². The Morgan fingerprint density at radius 1 is 1.16 bits per heavy atom. The van der Waals surface area contributed by atoms with Crippen LogP contribution in [0, 0.1) is 0 Å². The number of nitrogens with one attached hydrogen (secondary N) is 1. The summed E-state index contributed by atoms with van der Waals surface area (Å²) < 4.78 is 33.2. The van der Waals surface area contributed by atoms with E-state index in [1.807, 2.05) is 41.9 Å². The zero-order valence-corrected chi connectivity index (χ0v) is 15.2. The molecule has 25 heavy (non-hydrogen) atoms. The number of methoxy groups -OCH3 is 1. The number of fused-ring (bicyclic) bond motifs is 1. The first-order chi connectivity index (χ1) is 11.9. The fourth-order valence-corrected chi connectivity index (χ4v) is 3.51. The molecule has 0 amide bonds. The topological polar surface area (TPSA) is 86.3 Å². The number of rotatable bonds is 5. The van der Waals surface area contributed by atoms with Crippen LogP contribution in [0.3, 0.4) is 0 Å². The van der Waals surface area contributed by atoms with E-state index in [-0.39, 0.29) is 5.75 Å². The molecule has 2 aromatic carbocycles. The molecular formula is C18H21N3O3S. The number of hydrogen-bond donors (Lipinski definition) is 2. The van der Waals surface area contributed by atoms with Crippen molar-refractivity contribution in [2.24, 2.45) is 7.05 Å². The molecule has 0 unspecified atom stereocenters. The van der Waals surface area contributed by atoms with Crippen molar-refractivity contribution in [2.75, 3.05) is 23.3 Å². The van der Waals surface area contributed by atoms with Gasteiger partial charge in [0.15, 0.2) is 0 Å². The number of benzene rings is 2. The molecule has 0 saturated heterocycles. The molecule has 0 bridgehead atoms. The zero-order valence-electron chi connectivity index (χ0n) is 14.4. The van der Waals surface area contributed by atoms with Gasteiger partial charge in [0.2, 0.25) is 10.0 Å². The first kappa shape index (κ1) is 17.2. The highest BCUT2D eigenvalue weighted by Crippen LogP contribution is 2.37. The zero-order chi connectivity index (χ0) is 18.2. The van der Waals surface area contributed by atoms with E-state index in [1.54, 1.807) is 26.2 Å². The SMILES string of the molecule is CCS(=O)(=O)Nc1ccc(-c2c(N)c3ccc(OC)cc3n2C)cc1. The number of nitrogens with zero attached hydrogens (tertiary/aromatic N) is 1. The molecule has 0 aliphatic carbocycles. The van der Waals surface area contributed by atoms with E-state index in [0.29, 0.717) is 11.4 Å². The molecule has 0 radical (unpaired) electrons. The normalized spacial score (nSPS) is 11.6. The van der Waals surface area contributed by atoms with Gasteiger partial charge in [-0.1, -0.05) is 12.1 Å². The largest absolute Gasteiger partial charge is 0.497 e. The molecule has 0 atom stereocenters. The smallest absolute Gasteiger partial charge is 0.232 e. The molecular weight excluding hydrogens is 338 g/mol. The van der Waals surface area contributed by atoms with E-state index in [1.165, 1.54) is 0 Å². The van der Waals surface area contributed by atoms with E-state index >= 15 is 0 Å². The molecule has 6 nitrogen and oxygen atoms in total. The van der Waals surface area contributed by atoms with Gasteiger partial charge in [-0.2, -0.15) is 0 Å². The number of ether oxygens (including phenoxy) is 1. The van der Waals surface area contributed by atoms with Crippen molar-refractivity contribution in [1.29, 1.82) is 0 Å². The monoisotopic (exact) mass is 359 g/mol. The molecule has 0 saturated carbocycles. The molecule has 1 aromatic heterocycles. The number of nitrogen functional groups attached to an aromatic ring is 1. The molecule has 3 N–H and O–H groups in total. The van der Waals surface area contributed by atoms with Gasteiger partial charge in [0.25, 0.3) is 0 Å². The van der Waals surface area contributed by atoms with E-state index in [9.17, 15) is 8.42 Å². The summed E-state index contributed by atoms with van der Waals surface area (Å²) in [6.07, 6.45) is 0. The molecule has 7 heteroatoms. The van der Waals surface area contributed by atoms with Gasteiger partial charge in [-0.25, -0.2) is 8.42 Å². The van der Waals surface area contributed by atoms with Gasteiger partial charge in [-0.15, -0.1) is 0 Å². The van der Waals surface area contributed by atoms with Gasteiger partial charge in [-0.3, -0.25) is 4.72 Å². The van der Waals surface area contributed by atoms with Crippen LogP contribution in [-0.4, -0.2) is 25.8 Å². The molecule has 3 rings (SSSR count). The molecule has 1 heterocycles. The maximum atomic E-state index is 11.7. The Morgan fingerprint density at radius 2 is 1.84 bits per heavy atom. The van der Waals surface area contributed by atoms with Crippen molar-refractivity contribution in [2.45, 2.75) is 6.92 Å². The van der Waals surface area contributed by atoms with E-state index in [2.05, 4.69) is 4.72 Å². The molecule has 0 fully saturated rings. The van der Waals surface area contributed by atoms with Crippen LogP contribution in [0.4, 0.5) is 11.4 Å². The van der Waals surface area contributed by atoms with Gasteiger partial charge < -0.3 is 15.0 Å². The van der Waals surface area contributed by atoms with Crippen LogP contribution in [-0.2, 0) is 17.1 Å². The van der Waals surface area contributed by atoms with Crippen LogP contribution in [0.25, 0.3) is 22.2 Å². The summed E-state index contributed by atoms with van der Waals surface area (Å²) in [6.45, 7) is 1.60. The second-order valence-electron chi connectivity index (χ2n) is 5.79. The maximum absolute atomic E-state index is 11.7. The summed E-state index contributed by atoms with van der Waals surface area (Å²) in [4.78, 5) is 0. The predicted octanol–water partition coefficient (Wildman–Crippen LogP) is 3.20. The van der Waals surface area contributed by atoms with Crippen LogP contribution in [0.5, 0.6) is 5.75 Å². The van der Waals surface area contributed by atoms with Gasteiger partial charge in [0.1, 0.15) is 5.75 Å². The predicted molar refractivity (Wildman–Crippen MR) is 102 cm³/mol. The number of sulfonamides is 1. The third kappa shape index (κ3) is 3.15. The Hall–Kier alpha value is -2.67. The summed E-state index contributed by atoms with van der Waals surface area (Å²) >= 11 is 0. The molecule has 0 spiro atoms. The lowest BCUT2D eigenvalue weighted by atomic mass is 10.1. The third-order valence-electron chi connectivity index (χ3n) is 4.26. The van der Waals surface area contributed by atoms with Crippen molar-refractivity contribution in [3.8, 4) is 17.0 Å². The van der Waals surface area contributed by atoms with Crippen molar-refractivity contribution in [3.63, 3.8) is 0 Å². The Balaban J connectivity index is 2.05. The third-order valence-corrected chi connectivity index (χ3v) is 5.57. The fourth-order valence-electron chi connectivity index (χ4n) is 2.87. The minimum Gasteiger partial charge on any atom is -0.497 e. The number of anilines is 2. The van der Waals surface area contributed by atoms with Crippen molar-refractivity contribution >= 4 is 32.3 Å². The van der Waals surface area contributed by atoms with Crippen molar-refractivity contribution in [3.05, 3.63) is 42.5 Å². The summed E-state index contributed by atoms with van der Waals surface area (Å²) in [5.41, 5.74) is 10.3. The van der Waals surface area contributed by atoms with Crippen LogP contribution >= 0.6 is 0 Å². The lowest BCUT2D eigenvalue weighted by Crippen LogP contribution is -2.14. The molecule has 0 aliphatic heterocycles. The average Bonchev–Trinajstić information content (AvgIpc) is 2.86. The highest BCUT2D eigenvalue weighted by atomic mass is 32.2. The van der Waals surface area contributed by atoms with Gasteiger partial charge in [-0.05, 0) is 31.2 Å². The summed E-state index contributed by atoms with van der Waals surface area (Å²) in [7, 11) is 0.287. The summed E-state index contributed by atoms with van der Waals surface area (Å²) in [6, 6.07) is 13.0. The first-order valence-corrected chi connectivity index (χ1v) is 9.54. The number of hydrogen-bond acceptors (Lipinski definition) is 4. The first-order valence-electron chi connectivity index (χ1n) is 7.89. The Kier molecular flexibility index (Phi) is 4.34. The Labute approximate surface area is 147 Å². The highest BCUT2D eigenvalue weighted by Gasteiger charge is 2.15. The summed E-state index contributed by atoms with van der Waals surface area (Å²) in [5.74, 6) is 0.802. The van der Waals surface area contributed by atoms with Crippen LogP contribution in [0.2, 0.25) is 0 Å².